The fourth-order valence-corrected chi connectivity index (χ4v) is 1.45. The Balaban J connectivity index is 2.26. The van der Waals surface area contributed by atoms with Gasteiger partial charge in [-0.2, -0.15) is 5.10 Å². The summed E-state index contributed by atoms with van der Waals surface area (Å²) >= 11 is 0. The molecule has 2 aromatic rings. The lowest BCUT2D eigenvalue weighted by Gasteiger charge is -2.07. The molecule has 1 heterocycles. The number of benzene rings is 1. The second-order valence-electron chi connectivity index (χ2n) is 3.54. The lowest BCUT2D eigenvalue weighted by molar-refractivity contribution is 0.0597. The molecule has 0 N–H and O–H groups in total. The van der Waals surface area contributed by atoms with Crippen LogP contribution in [0.2, 0.25) is 0 Å². The largest absolute Gasteiger partial charge is 0.496 e. The molecule has 7 heteroatoms. The van der Waals surface area contributed by atoms with Gasteiger partial charge in [0.1, 0.15) is 24.0 Å². The summed E-state index contributed by atoms with van der Waals surface area (Å²) in [6, 6.07) is 5.06. The van der Waals surface area contributed by atoms with Crippen LogP contribution in [0.5, 0.6) is 5.75 Å². The Labute approximate surface area is 109 Å². The van der Waals surface area contributed by atoms with Gasteiger partial charge in [0.2, 0.25) is 0 Å². The quantitative estimate of drug-likeness (QED) is 0.604. The van der Waals surface area contributed by atoms with E-state index in [0.29, 0.717) is 11.3 Å². The number of esters is 1. The van der Waals surface area contributed by atoms with E-state index in [1.54, 1.807) is 24.4 Å². The highest BCUT2D eigenvalue weighted by molar-refractivity contribution is 5.94. The van der Waals surface area contributed by atoms with Crippen LogP contribution in [0.4, 0.5) is 0 Å². The summed E-state index contributed by atoms with van der Waals surface area (Å²) in [5.41, 5.74) is 1.14. The van der Waals surface area contributed by atoms with Gasteiger partial charge in [0.25, 0.3) is 0 Å². The van der Waals surface area contributed by atoms with E-state index in [-0.39, 0.29) is 0 Å². The highest BCUT2D eigenvalue weighted by Gasteiger charge is 2.12. The maximum Gasteiger partial charge on any atom is 0.341 e. The van der Waals surface area contributed by atoms with Crippen LogP contribution in [0, 0.1) is 0 Å². The predicted octanol–water partition coefficient (Wildman–Crippen LogP) is 0.955. The molecule has 0 bridgehead atoms. The molecule has 0 fully saturated rings. The SMILES string of the molecule is COC(=O)c1ccc(C=Nn2cnnc2)cc1OC. The number of carbonyl (C=O) groups excluding carboxylic acids is 1. The summed E-state index contributed by atoms with van der Waals surface area (Å²) in [6.07, 6.45) is 4.54. The van der Waals surface area contributed by atoms with Gasteiger partial charge in [0, 0.05) is 0 Å². The minimum absolute atomic E-state index is 0.367. The predicted molar refractivity (Wildman–Crippen MR) is 67.3 cm³/mol. The Bertz CT molecular complexity index is 593. The van der Waals surface area contributed by atoms with Gasteiger partial charge in [-0.25, -0.2) is 9.47 Å². The number of ether oxygens (including phenoxy) is 2. The summed E-state index contributed by atoms with van der Waals surface area (Å²) in [4.78, 5) is 11.5. The van der Waals surface area contributed by atoms with Crippen molar-refractivity contribution in [1.82, 2.24) is 14.9 Å². The van der Waals surface area contributed by atoms with Gasteiger partial charge in [-0.05, 0) is 17.7 Å². The first-order valence-electron chi connectivity index (χ1n) is 5.40. The first-order valence-corrected chi connectivity index (χ1v) is 5.40. The molecule has 19 heavy (non-hydrogen) atoms. The van der Waals surface area contributed by atoms with E-state index in [4.69, 9.17) is 4.74 Å². The van der Waals surface area contributed by atoms with Crippen LogP contribution in [0.1, 0.15) is 15.9 Å². The van der Waals surface area contributed by atoms with Crippen molar-refractivity contribution >= 4 is 12.2 Å². The lowest BCUT2D eigenvalue weighted by atomic mass is 10.1. The number of carbonyl (C=O) groups is 1. The number of hydrogen-bond acceptors (Lipinski definition) is 6. The van der Waals surface area contributed by atoms with Crippen molar-refractivity contribution in [3.8, 4) is 5.75 Å². The average Bonchev–Trinajstić information content (AvgIpc) is 2.97. The van der Waals surface area contributed by atoms with Crippen molar-refractivity contribution in [1.29, 1.82) is 0 Å². The first-order chi connectivity index (χ1) is 9.24. The van der Waals surface area contributed by atoms with E-state index in [0.717, 1.165) is 5.56 Å². The van der Waals surface area contributed by atoms with Crippen LogP contribution in [-0.2, 0) is 4.74 Å². The van der Waals surface area contributed by atoms with Gasteiger partial charge in [0.05, 0.1) is 20.4 Å². The fourth-order valence-electron chi connectivity index (χ4n) is 1.45. The summed E-state index contributed by atoms with van der Waals surface area (Å²) in [5.74, 6) is -0.0151. The van der Waals surface area contributed by atoms with Crippen molar-refractivity contribution in [2.75, 3.05) is 14.2 Å². The van der Waals surface area contributed by atoms with E-state index >= 15 is 0 Å². The van der Waals surface area contributed by atoms with Gasteiger partial charge in [0.15, 0.2) is 0 Å². The number of rotatable bonds is 4. The molecule has 0 aliphatic heterocycles. The van der Waals surface area contributed by atoms with Crippen LogP contribution < -0.4 is 4.74 Å². The third-order valence-electron chi connectivity index (χ3n) is 2.38. The second-order valence-corrected chi connectivity index (χ2v) is 3.54. The second kappa shape index (κ2) is 5.76. The zero-order valence-corrected chi connectivity index (χ0v) is 10.5. The average molecular weight is 260 g/mol. The van der Waals surface area contributed by atoms with Crippen LogP contribution in [0.25, 0.3) is 0 Å². The molecule has 2 rings (SSSR count). The fraction of sp³-hybridized carbons (Fsp3) is 0.167. The molecule has 0 unspecified atom stereocenters. The highest BCUT2D eigenvalue weighted by atomic mass is 16.5. The zero-order chi connectivity index (χ0) is 13.7. The molecule has 0 saturated carbocycles. The van der Waals surface area contributed by atoms with Crippen LogP contribution in [0.3, 0.4) is 0 Å². The monoisotopic (exact) mass is 260 g/mol. The third kappa shape index (κ3) is 2.95. The Morgan fingerprint density at radius 2 is 2.05 bits per heavy atom. The van der Waals surface area contributed by atoms with Gasteiger partial charge in [-0.15, -0.1) is 10.2 Å². The highest BCUT2D eigenvalue weighted by Crippen LogP contribution is 2.20. The first kappa shape index (κ1) is 12.7. The summed E-state index contributed by atoms with van der Waals surface area (Å²) in [6.45, 7) is 0. The summed E-state index contributed by atoms with van der Waals surface area (Å²) < 4.78 is 11.3. The minimum Gasteiger partial charge on any atom is -0.496 e. The molecule has 98 valence electrons. The van der Waals surface area contributed by atoms with E-state index in [2.05, 4.69) is 20.0 Å². The molecule has 0 spiro atoms. The van der Waals surface area contributed by atoms with Crippen molar-refractivity contribution in [3.05, 3.63) is 42.0 Å². The normalized spacial score (nSPS) is 10.6. The molecule has 1 aromatic heterocycles. The Morgan fingerprint density at radius 1 is 1.32 bits per heavy atom. The molecule has 0 atom stereocenters. The number of aromatic nitrogens is 3. The standard InChI is InChI=1S/C12H12N4O3/c1-18-11-5-9(3-4-10(11)12(17)19-2)6-15-16-7-13-14-8-16/h3-8H,1-2H3. The maximum absolute atomic E-state index is 11.5. The van der Waals surface area contributed by atoms with Gasteiger partial charge >= 0.3 is 5.97 Å². The molecule has 1 aromatic carbocycles. The Kier molecular flexibility index (Phi) is 3.87. The molecule has 0 aliphatic carbocycles. The van der Waals surface area contributed by atoms with Crippen molar-refractivity contribution < 1.29 is 14.3 Å². The molecule has 0 radical (unpaired) electrons. The number of hydrogen-bond donors (Lipinski definition) is 0. The van der Waals surface area contributed by atoms with Gasteiger partial charge in [-0.3, -0.25) is 0 Å². The number of nitrogens with zero attached hydrogens (tertiary/aromatic N) is 4. The Morgan fingerprint density at radius 3 is 2.68 bits per heavy atom. The van der Waals surface area contributed by atoms with Crippen molar-refractivity contribution in [2.24, 2.45) is 5.10 Å². The lowest BCUT2D eigenvalue weighted by Crippen LogP contribution is -2.04. The van der Waals surface area contributed by atoms with E-state index in [1.807, 2.05) is 0 Å². The van der Waals surface area contributed by atoms with Crippen molar-refractivity contribution in [2.45, 2.75) is 0 Å². The van der Waals surface area contributed by atoms with Crippen molar-refractivity contribution in [3.63, 3.8) is 0 Å². The van der Waals surface area contributed by atoms with Crippen LogP contribution >= 0.6 is 0 Å². The van der Waals surface area contributed by atoms with Crippen LogP contribution in [-0.4, -0.2) is 41.3 Å². The van der Waals surface area contributed by atoms with Crippen LogP contribution in [0.15, 0.2) is 36.0 Å². The van der Waals surface area contributed by atoms with E-state index in [1.165, 1.54) is 31.6 Å². The van der Waals surface area contributed by atoms with E-state index in [9.17, 15) is 4.79 Å². The zero-order valence-electron chi connectivity index (χ0n) is 10.5. The molecule has 0 aliphatic rings. The topological polar surface area (TPSA) is 78.6 Å². The summed E-state index contributed by atoms with van der Waals surface area (Å²) in [5, 5.41) is 11.4. The molecule has 0 amide bonds. The molecule has 0 saturated heterocycles. The molecular formula is C12H12N4O3. The minimum atomic E-state index is -0.445. The summed E-state index contributed by atoms with van der Waals surface area (Å²) in [7, 11) is 2.81. The van der Waals surface area contributed by atoms with Gasteiger partial charge in [-0.1, -0.05) is 6.07 Å². The number of methoxy groups -OCH3 is 2. The molecule has 7 nitrogen and oxygen atoms in total. The Hall–Kier alpha value is -2.70. The third-order valence-corrected chi connectivity index (χ3v) is 2.38. The molecular weight excluding hydrogens is 248 g/mol. The van der Waals surface area contributed by atoms with E-state index < -0.39 is 5.97 Å². The van der Waals surface area contributed by atoms with Gasteiger partial charge < -0.3 is 9.47 Å². The smallest absolute Gasteiger partial charge is 0.341 e. The maximum atomic E-state index is 11.5.